The summed E-state index contributed by atoms with van der Waals surface area (Å²) >= 11 is 0. The molecule has 2 saturated heterocycles. The van der Waals surface area contributed by atoms with Crippen LogP contribution in [-0.4, -0.2) is 37.4 Å². The molecule has 2 heterocycles. The molecule has 86 valence electrons. The number of piperidine rings is 1. The highest BCUT2D eigenvalue weighted by Gasteiger charge is 2.32. The molecule has 0 bridgehead atoms. The quantitative estimate of drug-likeness (QED) is 0.709. The van der Waals surface area contributed by atoms with Crippen LogP contribution >= 0.6 is 0 Å². The van der Waals surface area contributed by atoms with Gasteiger partial charge in [-0.1, -0.05) is 0 Å². The van der Waals surface area contributed by atoms with Gasteiger partial charge in [0.1, 0.15) is 0 Å². The maximum absolute atomic E-state index is 10.9. The van der Waals surface area contributed by atoms with Crippen molar-refractivity contribution in [3.8, 4) is 0 Å². The molecular weight excluding hydrogens is 194 g/mol. The van der Waals surface area contributed by atoms with Crippen molar-refractivity contribution >= 4 is 5.97 Å². The van der Waals surface area contributed by atoms with Crippen molar-refractivity contribution in [2.24, 2.45) is 17.8 Å². The van der Waals surface area contributed by atoms with Gasteiger partial charge in [0, 0.05) is 19.8 Å². The summed E-state index contributed by atoms with van der Waals surface area (Å²) in [4.78, 5) is 10.9. The molecule has 2 aliphatic rings. The molecule has 0 spiro atoms. The van der Waals surface area contributed by atoms with E-state index in [1.165, 1.54) is 0 Å². The summed E-state index contributed by atoms with van der Waals surface area (Å²) in [5.41, 5.74) is 0. The van der Waals surface area contributed by atoms with E-state index in [1.807, 2.05) is 0 Å². The average Bonchev–Trinajstić information content (AvgIpc) is 2.30. The first kappa shape index (κ1) is 10.9. The smallest absolute Gasteiger partial charge is 0.307 e. The number of hydrogen-bond acceptors (Lipinski definition) is 3. The summed E-state index contributed by atoms with van der Waals surface area (Å²) in [5, 5.41) is 12.2. The van der Waals surface area contributed by atoms with Crippen molar-refractivity contribution in [2.75, 3.05) is 26.3 Å². The molecule has 0 aliphatic carbocycles. The van der Waals surface area contributed by atoms with Gasteiger partial charge in [0.2, 0.25) is 0 Å². The molecule has 4 nitrogen and oxygen atoms in total. The lowest BCUT2D eigenvalue weighted by atomic mass is 9.78. The van der Waals surface area contributed by atoms with E-state index < -0.39 is 5.97 Å². The van der Waals surface area contributed by atoms with Crippen molar-refractivity contribution < 1.29 is 14.6 Å². The Morgan fingerprint density at radius 1 is 1.20 bits per heavy atom. The molecule has 0 radical (unpaired) electrons. The van der Waals surface area contributed by atoms with Crippen molar-refractivity contribution in [3.05, 3.63) is 0 Å². The highest BCUT2D eigenvalue weighted by Crippen LogP contribution is 2.30. The summed E-state index contributed by atoms with van der Waals surface area (Å²) in [5.74, 6) is 0.350. The molecule has 2 fully saturated rings. The standard InChI is InChI=1S/C11H19NO3/c13-11(14)10-5-9(6-12-7-10)8-1-3-15-4-2-8/h8-10,12H,1-7H2,(H,13,14). The molecule has 0 aromatic carbocycles. The van der Waals surface area contributed by atoms with Crippen LogP contribution in [0.4, 0.5) is 0 Å². The second kappa shape index (κ2) is 4.94. The average molecular weight is 213 g/mol. The fraction of sp³-hybridized carbons (Fsp3) is 0.909. The Morgan fingerprint density at radius 3 is 2.60 bits per heavy atom. The third-order valence-electron chi connectivity index (χ3n) is 3.67. The van der Waals surface area contributed by atoms with Crippen LogP contribution in [0.5, 0.6) is 0 Å². The highest BCUT2D eigenvalue weighted by atomic mass is 16.5. The van der Waals surface area contributed by atoms with E-state index in [0.717, 1.165) is 39.0 Å². The van der Waals surface area contributed by atoms with E-state index in [1.54, 1.807) is 0 Å². The van der Waals surface area contributed by atoms with E-state index in [2.05, 4.69) is 5.32 Å². The van der Waals surface area contributed by atoms with Gasteiger partial charge >= 0.3 is 5.97 Å². The fourth-order valence-electron chi connectivity index (χ4n) is 2.71. The molecule has 0 saturated carbocycles. The van der Waals surface area contributed by atoms with E-state index >= 15 is 0 Å². The third-order valence-corrected chi connectivity index (χ3v) is 3.67. The van der Waals surface area contributed by atoms with Crippen LogP contribution < -0.4 is 5.32 Å². The molecular formula is C11H19NO3. The zero-order valence-corrected chi connectivity index (χ0v) is 8.95. The maximum atomic E-state index is 10.9. The molecule has 2 atom stereocenters. The fourth-order valence-corrected chi connectivity index (χ4v) is 2.71. The van der Waals surface area contributed by atoms with Gasteiger partial charge in [0.15, 0.2) is 0 Å². The van der Waals surface area contributed by atoms with Crippen LogP contribution in [0, 0.1) is 17.8 Å². The molecule has 2 aliphatic heterocycles. The summed E-state index contributed by atoms with van der Waals surface area (Å²) in [6.07, 6.45) is 3.03. The summed E-state index contributed by atoms with van der Waals surface area (Å²) in [7, 11) is 0. The number of ether oxygens (including phenoxy) is 1. The van der Waals surface area contributed by atoms with E-state index in [0.29, 0.717) is 18.4 Å². The number of hydrogen-bond donors (Lipinski definition) is 2. The van der Waals surface area contributed by atoms with E-state index in [9.17, 15) is 4.79 Å². The van der Waals surface area contributed by atoms with Gasteiger partial charge in [-0.05, 0) is 37.6 Å². The number of aliphatic carboxylic acids is 1. The van der Waals surface area contributed by atoms with Crippen molar-refractivity contribution in [1.29, 1.82) is 0 Å². The van der Waals surface area contributed by atoms with Crippen LogP contribution in [0.15, 0.2) is 0 Å². The number of carboxylic acid groups (broad SMARTS) is 1. The first-order valence-electron chi connectivity index (χ1n) is 5.78. The molecule has 0 amide bonds. The van der Waals surface area contributed by atoms with Crippen molar-refractivity contribution in [1.82, 2.24) is 5.32 Å². The largest absolute Gasteiger partial charge is 0.481 e. The summed E-state index contributed by atoms with van der Waals surface area (Å²) in [6.45, 7) is 3.31. The Labute approximate surface area is 90.0 Å². The minimum Gasteiger partial charge on any atom is -0.481 e. The predicted molar refractivity (Wildman–Crippen MR) is 55.6 cm³/mol. The molecule has 2 rings (SSSR count). The van der Waals surface area contributed by atoms with Gasteiger partial charge in [-0.3, -0.25) is 4.79 Å². The Balaban J connectivity index is 1.88. The molecule has 15 heavy (non-hydrogen) atoms. The lowest BCUT2D eigenvalue weighted by Crippen LogP contribution is -2.43. The second-order valence-corrected chi connectivity index (χ2v) is 4.64. The topological polar surface area (TPSA) is 58.6 Å². The zero-order valence-electron chi connectivity index (χ0n) is 8.95. The Bertz CT molecular complexity index is 226. The van der Waals surface area contributed by atoms with Crippen molar-refractivity contribution in [3.63, 3.8) is 0 Å². The van der Waals surface area contributed by atoms with E-state index in [-0.39, 0.29) is 5.92 Å². The molecule has 2 unspecified atom stereocenters. The lowest BCUT2D eigenvalue weighted by molar-refractivity contribution is -0.143. The van der Waals surface area contributed by atoms with E-state index in [4.69, 9.17) is 9.84 Å². The summed E-state index contributed by atoms with van der Waals surface area (Å²) in [6, 6.07) is 0. The van der Waals surface area contributed by atoms with Crippen LogP contribution in [0.2, 0.25) is 0 Å². The van der Waals surface area contributed by atoms with Gasteiger partial charge in [0.25, 0.3) is 0 Å². The first-order chi connectivity index (χ1) is 7.27. The minimum absolute atomic E-state index is 0.188. The number of nitrogens with one attached hydrogen (secondary N) is 1. The number of rotatable bonds is 2. The minimum atomic E-state index is -0.653. The third kappa shape index (κ3) is 2.69. The van der Waals surface area contributed by atoms with Crippen LogP contribution in [0.3, 0.4) is 0 Å². The number of carbonyl (C=O) groups is 1. The van der Waals surface area contributed by atoms with Gasteiger partial charge in [-0.2, -0.15) is 0 Å². The van der Waals surface area contributed by atoms with Crippen LogP contribution in [0.25, 0.3) is 0 Å². The Kier molecular flexibility index (Phi) is 3.59. The van der Waals surface area contributed by atoms with Gasteiger partial charge in [-0.25, -0.2) is 0 Å². The molecule has 4 heteroatoms. The van der Waals surface area contributed by atoms with Gasteiger partial charge in [0.05, 0.1) is 5.92 Å². The van der Waals surface area contributed by atoms with Gasteiger partial charge in [-0.15, -0.1) is 0 Å². The lowest BCUT2D eigenvalue weighted by Gasteiger charge is -2.35. The van der Waals surface area contributed by atoms with Crippen LogP contribution in [-0.2, 0) is 9.53 Å². The van der Waals surface area contributed by atoms with Crippen LogP contribution in [0.1, 0.15) is 19.3 Å². The Hall–Kier alpha value is -0.610. The Morgan fingerprint density at radius 2 is 1.93 bits per heavy atom. The molecule has 2 N–H and O–H groups in total. The monoisotopic (exact) mass is 213 g/mol. The van der Waals surface area contributed by atoms with Crippen molar-refractivity contribution in [2.45, 2.75) is 19.3 Å². The normalized spacial score (nSPS) is 33.9. The predicted octanol–water partition coefficient (Wildman–Crippen LogP) is 0.723. The summed E-state index contributed by atoms with van der Waals surface area (Å²) < 4.78 is 5.33. The van der Waals surface area contributed by atoms with Gasteiger partial charge < -0.3 is 15.2 Å². The zero-order chi connectivity index (χ0) is 10.7. The SMILES string of the molecule is O=C(O)C1CNCC(C2CCOCC2)C1. The maximum Gasteiger partial charge on any atom is 0.307 e. The molecule has 0 aromatic rings. The second-order valence-electron chi connectivity index (χ2n) is 4.64. The first-order valence-corrected chi connectivity index (χ1v) is 5.78. The molecule has 0 aromatic heterocycles. The highest BCUT2D eigenvalue weighted by molar-refractivity contribution is 5.70. The number of carboxylic acids is 1.